The van der Waals surface area contributed by atoms with E-state index in [1.165, 1.54) is 0 Å². The highest BCUT2D eigenvalue weighted by Gasteiger charge is 2.93. The van der Waals surface area contributed by atoms with Gasteiger partial charge in [0.05, 0.1) is 12.9 Å². The van der Waals surface area contributed by atoms with E-state index in [1.807, 2.05) is 0 Å². The van der Waals surface area contributed by atoms with Crippen LogP contribution in [0.3, 0.4) is 0 Å². The molecule has 0 rings (SSSR count). The molecule has 0 aromatic carbocycles. The van der Waals surface area contributed by atoms with Gasteiger partial charge in [0.2, 0.25) is 0 Å². The summed E-state index contributed by atoms with van der Waals surface area (Å²) < 4.78 is 216. The predicted molar refractivity (Wildman–Crippen MR) is 67.6 cm³/mol. The first-order valence-corrected chi connectivity index (χ1v) is 7.23. The average molecular weight is 502 g/mol. The summed E-state index contributed by atoms with van der Waals surface area (Å²) >= 11 is 0. The molecule has 0 aliphatic rings. The Morgan fingerprint density at radius 2 is 1.00 bits per heavy atom. The Bertz CT molecular complexity index is 615. The molecule has 0 aromatic rings. The van der Waals surface area contributed by atoms with Gasteiger partial charge in [-0.3, -0.25) is 0 Å². The Morgan fingerprint density at radius 3 is 1.39 bits per heavy atom. The van der Waals surface area contributed by atoms with Crippen molar-refractivity contribution in [1.82, 2.24) is 0 Å². The topological polar surface area (TPSA) is 18.5 Å². The van der Waals surface area contributed by atoms with Crippen molar-refractivity contribution >= 4 is 0 Å². The third kappa shape index (κ3) is 4.48. The third-order valence-corrected chi connectivity index (χ3v) is 3.48. The van der Waals surface area contributed by atoms with Crippen LogP contribution in [0, 0.1) is 0 Å². The van der Waals surface area contributed by atoms with E-state index < -0.39 is 67.7 Å². The average Bonchev–Trinajstić information content (AvgIpc) is 2.60. The molecular weight excluding hydrogens is 492 g/mol. The second-order valence-electron chi connectivity index (χ2n) is 5.59. The second-order valence-corrected chi connectivity index (χ2v) is 5.59. The summed E-state index contributed by atoms with van der Waals surface area (Å²) in [6.07, 6.45) is -5.21. The highest BCUT2D eigenvalue weighted by Crippen LogP contribution is 2.62. The highest BCUT2D eigenvalue weighted by molar-refractivity contribution is 5.14. The van der Waals surface area contributed by atoms with E-state index in [0.29, 0.717) is 6.26 Å². The quantitative estimate of drug-likeness (QED) is 0.178. The van der Waals surface area contributed by atoms with Gasteiger partial charge in [-0.25, -0.2) is 8.78 Å². The minimum atomic E-state index is -8.40. The standard InChI is InChI=1S/C13H10F16O2/c1-2-30-3-4-31-5-7(16,17)9(20,21)11(24,25)13(28,29)12(26,27)10(22,23)8(18,19)6(14)15/h2,6H,1,3-5H2. The first-order chi connectivity index (χ1) is 13.5. The molecule has 31 heavy (non-hydrogen) atoms. The fraction of sp³-hybridized carbons (Fsp3) is 0.846. The molecule has 0 saturated heterocycles. The summed E-state index contributed by atoms with van der Waals surface area (Å²) in [7, 11) is 0. The smallest absolute Gasteiger partial charge is 0.384 e. The largest absolute Gasteiger partial charge is 0.499 e. The molecule has 0 aliphatic heterocycles. The van der Waals surface area contributed by atoms with E-state index in [2.05, 4.69) is 16.1 Å². The second kappa shape index (κ2) is 8.73. The number of ether oxygens (including phenoxy) is 2. The van der Waals surface area contributed by atoms with Gasteiger partial charge in [0.1, 0.15) is 13.2 Å². The van der Waals surface area contributed by atoms with Crippen molar-refractivity contribution in [2.75, 3.05) is 19.8 Å². The van der Waals surface area contributed by atoms with E-state index in [9.17, 15) is 70.2 Å². The van der Waals surface area contributed by atoms with E-state index in [1.54, 1.807) is 0 Å². The number of hydrogen-bond acceptors (Lipinski definition) is 2. The number of halogens is 16. The van der Waals surface area contributed by atoms with Crippen LogP contribution in [0.1, 0.15) is 0 Å². The van der Waals surface area contributed by atoms with Crippen molar-refractivity contribution in [3.63, 3.8) is 0 Å². The molecule has 0 amide bonds. The molecule has 0 aromatic heterocycles. The number of hydrogen-bond donors (Lipinski definition) is 0. The van der Waals surface area contributed by atoms with Gasteiger partial charge in [0.25, 0.3) is 0 Å². The fourth-order valence-corrected chi connectivity index (χ4v) is 1.65. The minimum absolute atomic E-state index is 0.655. The Kier molecular flexibility index (Phi) is 8.27. The van der Waals surface area contributed by atoms with E-state index >= 15 is 0 Å². The van der Waals surface area contributed by atoms with Gasteiger partial charge >= 0.3 is 47.9 Å². The SMILES string of the molecule is C=COCCOCC(F)(F)C(F)(F)C(F)(F)C(F)(F)C(F)(F)C(F)(F)C(F)(F)C(F)F. The van der Waals surface area contributed by atoms with E-state index in [4.69, 9.17) is 0 Å². The lowest BCUT2D eigenvalue weighted by molar-refractivity contribution is -0.448. The Hall–Kier alpha value is -1.62. The van der Waals surface area contributed by atoms with E-state index in [0.717, 1.165) is 0 Å². The molecule has 2 nitrogen and oxygen atoms in total. The summed E-state index contributed by atoms with van der Waals surface area (Å²) in [6.45, 7) is -1.81. The van der Waals surface area contributed by atoms with Gasteiger partial charge in [-0.05, 0) is 0 Å². The van der Waals surface area contributed by atoms with Crippen molar-refractivity contribution in [3.05, 3.63) is 12.8 Å². The van der Waals surface area contributed by atoms with Gasteiger partial charge in [0.15, 0.2) is 0 Å². The van der Waals surface area contributed by atoms with Crippen LogP contribution < -0.4 is 0 Å². The lowest BCUT2D eigenvalue weighted by atomic mass is 9.89. The van der Waals surface area contributed by atoms with Crippen LogP contribution in [0.25, 0.3) is 0 Å². The van der Waals surface area contributed by atoms with Gasteiger partial charge in [-0.15, -0.1) is 0 Å². The predicted octanol–water partition coefficient (Wildman–Crippen LogP) is 5.88. The lowest BCUT2D eigenvalue weighted by Crippen LogP contribution is -2.74. The Morgan fingerprint density at radius 1 is 0.613 bits per heavy atom. The molecule has 0 spiro atoms. The molecule has 0 atom stereocenters. The molecule has 0 heterocycles. The van der Waals surface area contributed by atoms with Crippen LogP contribution in [0.15, 0.2) is 12.8 Å². The number of rotatable bonds is 13. The Labute approximate surface area is 161 Å². The van der Waals surface area contributed by atoms with E-state index in [-0.39, 0.29) is 0 Å². The summed E-state index contributed by atoms with van der Waals surface area (Å²) in [5, 5.41) is 0. The van der Waals surface area contributed by atoms with Gasteiger partial charge in [0, 0.05) is 0 Å². The molecule has 186 valence electrons. The van der Waals surface area contributed by atoms with Crippen LogP contribution >= 0.6 is 0 Å². The van der Waals surface area contributed by atoms with Gasteiger partial charge in [-0.2, -0.15) is 61.5 Å². The van der Waals surface area contributed by atoms with Crippen LogP contribution in [-0.2, 0) is 9.47 Å². The molecule has 0 unspecified atom stereocenters. The maximum absolute atomic E-state index is 13.4. The maximum Gasteiger partial charge on any atom is 0.384 e. The van der Waals surface area contributed by atoms with Gasteiger partial charge in [-0.1, -0.05) is 6.58 Å². The number of alkyl halides is 16. The van der Waals surface area contributed by atoms with Gasteiger partial charge < -0.3 is 9.47 Å². The van der Waals surface area contributed by atoms with Crippen molar-refractivity contribution in [1.29, 1.82) is 0 Å². The molecule has 18 heteroatoms. The highest BCUT2D eigenvalue weighted by atomic mass is 19.4. The zero-order valence-electron chi connectivity index (χ0n) is 14.3. The van der Waals surface area contributed by atoms with Crippen LogP contribution in [-0.4, -0.2) is 67.7 Å². The normalized spacial score (nSPS) is 15.4. The van der Waals surface area contributed by atoms with Crippen LogP contribution in [0.2, 0.25) is 0 Å². The summed E-state index contributed by atoms with van der Waals surface area (Å²) in [6, 6.07) is 0. The zero-order chi connectivity index (χ0) is 25.3. The van der Waals surface area contributed by atoms with Crippen molar-refractivity contribution in [2.24, 2.45) is 0 Å². The van der Waals surface area contributed by atoms with Crippen LogP contribution in [0.4, 0.5) is 70.2 Å². The summed E-state index contributed by atoms with van der Waals surface area (Å²) in [5.74, 6) is -54.6. The molecule has 0 bridgehead atoms. The molecule has 0 fully saturated rings. The molecule has 0 radical (unpaired) electrons. The minimum Gasteiger partial charge on any atom is -0.499 e. The Balaban J connectivity index is 6.16. The maximum atomic E-state index is 13.4. The monoisotopic (exact) mass is 502 g/mol. The zero-order valence-corrected chi connectivity index (χ0v) is 14.3. The summed E-state index contributed by atoms with van der Waals surface area (Å²) in [5.41, 5.74) is 0. The van der Waals surface area contributed by atoms with Crippen LogP contribution in [0.5, 0.6) is 0 Å². The molecule has 0 saturated carbocycles. The fourth-order valence-electron chi connectivity index (χ4n) is 1.65. The molecule has 0 aliphatic carbocycles. The first kappa shape index (κ1) is 29.4. The van der Waals surface area contributed by atoms with Crippen molar-refractivity contribution in [2.45, 2.75) is 47.9 Å². The summed E-state index contributed by atoms with van der Waals surface area (Å²) in [4.78, 5) is 0. The van der Waals surface area contributed by atoms with Crippen molar-refractivity contribution < 1.29 is 79.7 Å². The first-order valence-electron chi connectivity index (χ1n) is 7.23. The molecular formula is C13H10F16O2. The van der Waals surface area contributed by atoms with Crippen molar-refractivity contribution in [3.8, 4) is 0 Å². The molecule has 0 N–H and O–H groups in total. The third-order valence-electron chi connectivity index (χ3n) is 3.48. The lowest BCUT2D eigenvalue weighted by Gasteiger charge is -2.42.